The SMILES string of the molecule is COCC1C=C(C2CCCCC2)SC1c1ccccc1. The number of benzene rings is 1. The van der Waals surface area contributed by atoms with Gasteiger partial charge in [-0.15, -0.1) is 11.8 Å². The van der Waals surface area contributed by atoms with Gasteiger partial charge in [0.05, 0.1) is 6.61 Å². The lowest BCUT2D eigenvalue weighted by Gasteiger charge is -2.23. The van der Waals surface area contributed by atoms with Crippen molar-refractivity contribution in [3.05, 3.63) is 46.9 Å². The molecule has 1 fully saturated rings. The molecule has 3 rings (SSSR count). The molecule has 0 N–H and O–H groups in total. The second-order valence-corrected chi connectivity index (χ2v) is 7.19. The maximum atomic E-state index is 5.46. The fourth-order valence-electron chi connectivity index (χ4n) is 3.48. The molecule has 1 aromatic carbocycles. The van der Waals surface area contributed by atoms with E-state index in [9.17, 15) is 0 Å². The van der Waals surface area contributed by atoms with Gasteiger partial charge in [0.15, 0.2) is 0 Å². The lowest BCUT2D eigenvalue weighted by Crippen LogP contribution is -2.10. The molecule has 1 nitrogen and oxygen atoms in total. The summed E-state index contributed by atoms with van der Waals surface area (Å²) in [6, 6.07) is 10.9. The van der Waals surface area contributed by atoms with Crippen molar-refractivity contribution >= 4 is 11.8 Å². The lowest BCUT2D eigenvalue weighted by atomic mass is 9.87. The van der Waals surface area contributed by atoms with E-state index in [0.29, 0.717) is 11.2 Å². The summed E-state index contributed by atoms with van der Waals surface area (Å²) in [5, 5.41) is 0.549. The Bertz CT molecular complexity index is 448. The maximum absolute atomic E-state index is 5.46. The molecule has 0 bridgehead atoms. The molecular weight excluding hydrogens is 264 g/mol. The summed E-state index contributed by atoms with van der Waals surface area (Å²) in [5.74, 6) is 1.35. The second-order valence-electron chi connectivity index (χ2n) is 5.97. The highest BCUT2D eigenvalue weighted by Crippen LogP contribution is 2.52. The van der Waals surface area contributed by atoms with Crippen LogP contribution in [0.5, 0.6) is 0 Å². The van der Waals surface area contributed by atoms with E-state index in [1.165, 1.54) is 37.7 Å². The predicted molar refractivity (Wildman–Crippen MR) is 86.8 cm³/mol. The highest BCUT2D eigenvalue weighted by molar-refractivity contribution is 8.03. The van der Waals surface area contributed by atoms with Gasteiger partial charge in [-0.3, -0.25) is 0 Å². The van der Waals surface area contributed by atoms with Crippen molar-refractivity contribution in [3.8, 4) is 0 Å². The normalized spacial score (nSPS) is 27.6. The molecule has 0 amide bonds. The summed E-state index contributed by atoms with van der Waals surface area (Å²) in [6.45, 7) is 0.836. The van der Waals surface area contributed by atoms with Crippen LogP contribution in [-0.2, 0) is 4.74 Å². The Kier molecular flexibility index (Phi) is 4.85. The van der Waals surface area contributed by atoms with Crippen LogP contribution in [0.3, 0.4) is 0 Å². The van der Waals surface area contributed by atoms with Crippen LogP contribution in [0.15, 0.2) is 41.3 Å². The largest absolute Gasteiger partial charge is 0.384 e. The summed E-state index contributed by atoms with van der Waals surface area (Å²) >= 11 is 2.10. The molecule has 0 aromatic heterocycles. The molecule has 2 atom stereocenters. The molecule has 0 radical (unpaired) electrons. The third kappa shape index (κ3) is 3.12. The van der Waals surface area contributed by atoms with Crippen molar-refractivity contribution in [3.63, 3.8) is 0 Å². The van der Waals surface area contributed by atoms with Crippen molar-refractivity contribution in [1.82, 2.24) is 0 Å². The minimum Gasteiger partial charge on any atom is -0.384 e. The average Bonchev–Trinajstić information content (AvgIpc) is 2.94. The highest BCUT2D eigenvalue weighted by atomic mass is 32.2. The topological polar surface area (TPSA) is 9.23 Å². The van der Waals surface area contributed by atoms with E-state index in [1.54, 1.807) is 4.91 Å². The number of thioether (sulfide) groups is 1. The monoisotopic (exact) mass is 288 g/mol. The highest BCUT2D eigenvalue weighted by Gasteiger charge is 2.33. The minimum atomic E-state index is 0.532. The third-order valence-electron chi connectivity index (χ3n) is 4.53. The summed E-state index contributed by atoms with van der Waals surface area (Å²) in [5.41, 5.74) is 1.45. The van der Waals surface area contributed by atoms with E-state index in [-0.39, 0.29) is 0 Å². The van der Waals surface area contributed by atoms with Gasteiger partial charge in [0.1, 0.15) is 0 Å². The van der Waals surface area contributed by atoms with Gasteiger partial charge >= 0.3 is 0 Å². The first-order valence-corrected chi connectivity index (χ1v) is 8.68. The molecule has 108 valence electrons. The van der Waals surface area contributed by atoms with Crippen molar-refractivity contribution in [2.45, 2.75) is 37.4 Å². The number of hydrogen-bond acceptors (Lipinski definition) is 2. The van der Waals surface area contributed by atoms with E-state index in [0.717, 1.165) is 12.5 Å². The fourth-order valence-corrected chi connectivity index (χ4v) is 5.08. The molecule has 1 heterocycles. The van der Waals surface area contributed by atoms with Crippen LogP contribution in [0.25, 0.3) is 0 Å². The van der Waals surface area contributed by atoms with E-state index in [1.807, 2.05) is 7.11 Å². The third-order valence-corrected chi connectivity index (χ3v) is 6.14. The van der Waals surface area contributed by atoms with Gasteiger partial charge in [-0.2, -0.15) is 0 Å². The molecule has 2 aliphatic rings. The quantitative estimate of drug-likeness (QED) is 0.753. The maximum Gasteiger partial charge on any atom is 0.0539 e. The first kappa shape index (κ1) is 14.2. The molecule has 0 spiro atoms. The average molecular weight is 288 g/mol. The first-order valence-electron chi connectivity index (χ1n) is 7.80. The van der Waals surface area contributed by atoms with Crippen molar-refractivity contribution < 1.29 is 4.74 Å². The minimum absolute atomic E-state index is 0.532. The van der Waals surface area contributed by atoms with Gasteiger partial charge in [-0.1, -0.05) is 55.7 Å². The predicted octanol–water partition coefficient (Wildman–Crippen LogP) is 5.20. The molecular formula is C18H24OS. The Morgan fingerprint density at radius 3 is 2.55 bits per heavy atom. The van der Waals surface area contributed by atoms with Crippen molar-refractivity contribution in [2.75, 3.05) is 13.7 Å². The second kappa shape index (κ2) is 6.82. The Labute approximate surface area is 126 Å². The standard InChI is InChI=1S/C18H24OS/c1-19-13-16-12-17(14-8-4-2-5-9-14)20-18(16)15-10-6-3-7-11-15/h3,6-7,10-12,14,16,18H,2,4-5,8-9,13H2,1H3. The van der Waals surface area contributed by atoms with Gasteiger partial charge in [0, 0.05) is 18.3 Å². The summed E-state index contributed by atoms with van der Waals surface area (Å²) < 4.78 is 5.46. The molecule has 20 heavy (non-hydrogen) atoms. The lowest BCUT2D eigenvalue weighted by molar-refractivity contribution is 0.169. The van der Waals surface area contributed by atoms with Crippen LogP contribution < -0.4 is 0 Å². The van der Waals surface area contributed by atoms with E-state index < -0.39 is 0 Å². The summed E-state index contributed by atoms with van der Waals surface area (Å²) in [6.07, 6.45) is 9.54. The molecule has 1 aromatic rings. The van der Waals surface area contributed by atoms with Crippen LogP contribution in [0.1, 0.15) is 42.9 Å². The van der Waals surface area contributed by atoms with Crippen LogP contribution in [0, 0.1) is 11.8 Å². The van der Waals surface area contributed by atoms with Gasteiger partial charge in [-0.05, 0) is 29.2 Å². The molecule has 0 saturated heterocycles. The Morgan fingerprint density at radius 1 is 1.10 bits per heavy atom. The number of rotatable bonds is 4. The van der Waals surface area contributed by atoms with Gasteiger partial charge in [-0.25, -0.2) is 0 Å². The number of hydrogen-bond donors (Lipinski definition) is 0. The van der Waals surface area contributed by atoms with Crippen molar-refractivity contribution in [1.29, 1.82) is 0 Å². The molecule has 1 aliphatic carbocycles. The summed E-state index contributed by atoms with van der Waals surface area (Å²) in [4.78, 5) is 1.64. The zero-order chi connectivity index (χ0) is 13.8. The number of ether oxygens (including phenoxy) is 1. The number of allylic oxidation sites excluding steroid dienone is 1. The van der Waals surface area contributed by atoms with Gasteiger partial charge < -0.3 is 4.74 Å². The fraction of sp³-hybridized carbons (Fsp3) is 0.556. The van der Waals surface area contributed by atoms with E-state index >= 15 is 0 Å². The van der Waals surface area contributed by atoms with Gasteiger partial charge in [0.25, 0.3) is 0 Å². The van der Waals surface area contributed by atoms with Crippen LogP contribution in [-0.4, -0.2) is 13.7 Å². The van der Waals surface area contributed by atoms with E-state index in [4.69, 9.17) is 4.74 Å². The van der Waals surface area contributed by atoms with Gasteiger partial charge in [0.2, 0.25) is 0 Å². The zero-order valence-corrected chi connectivity index (χ0v) is 13.1. The molecule has 2 unspecified atom stereocenters. The summed E-state index contributed by atoms with van der Waals surface area (Å²) in [7, 11) is 1.82. The van der Waals surface area contributed by atoms with Crippen molar-refractivity contribution in [2.24, 2.45) is 11.8 Å². The van der Waals surface area contributed by atoms with Crippen LogP contribution in [0.2, 0.25) is 0 Å². The number of methoxy groups -OCH3 is 1. The Hall–Kier alpha value is -0.730. The zero-order valence-electron chi connectivity index (χ0n) is 12.3. The first-order chi connectivity index (χ1) is 9.88. The Balaban J connectivity index is 1.76. The smallest absolute Gasteiger partial charge is 0.0539 e. The molecule has 1 saturated carbocycles. The van der Waals surface area contributed by atoms with E-state index in [2.05, 4.69) is 48.2 Å². The van der Waals surface area contributed by atoms with Crippen LogP contribution in [0.4, 0.5) is 0 Å². The Morgan fingerprint density at radius 2 is 1.85 bits per heavy atom. The molecule has 2 heteroatoms. The van der Waals surface area contributed by atoms with Crippen LogP contribution >= 0.6 is 11.8 Å². The molecule has 1 aliphatic heterocycles.